The lowest BCUT2D eigenvalue weighted by molar-refractivity contribution is 0.225. The van der Waals surface area contributed by atoms with Gasteiger partial charge in [-0.15, -0.1) is 0 Å². The first-order valence-corrected chi connectivity index (χ1v) is 8.02. The first-order chi connectivity index (χ1) is 12.2. The lowest BCUT2D eigenvalue weighted by Gasteiger charge is -2.17. The SMILES string of the molecule is Cc1ccnn1-c1cccc(NC(=O)N[C@@H](CO)c2ccccc2)c1. The van der Waals surface area contributed by atoms with Crippen molar-refractivity contribution in [1.29, 1.82) is 0 Å². The summed E-state index contributed by atoms with van der Waals surface area (Å²) in [6, 6.07) is 17.9. The van der Waals surface area contributed by atoms with E-state index in [4.69, 9.17) is 0 Å². The number of carbonyl (C=O) groups excluding carboxylic acids is 1. The Bertz CT molecular complexity index is 845. The van der Waals surface area contributed by atoms with E-state index in [0.717, 1.165) is 16.9 Å². The van der Waals surface area contributed by atoms with Crippen LogP contribution >= 0.6 is 0 Å². The number of nitrogens with one attached hydrogen (secondary N) is 2. The molecule has 128 valence electrons. The Kier molecular flexibility index (Phi) is 5.11. The van der Waals surface area contributed by atoms with E-state index in [1.54, 1.807) is 16.9 Å². The zero-order valence-corrected chi connectivity index (χ0v) is 13.9. The molecule has 2 aromatic carbocycles. The zero-order chi connectivity index (χ0) is 17.6. The second kappa shape index (κ2) is 7.63. The second-order valence-corrected chi connectivity index (χ2v) is 5.68. The summed E-state index contributed by atoms with van der Waals surface area (Å²) >= 11 is 0. The molecule has 0 unspecified atom stereocenters. The Morgan fingerprint density at radius 2 is 1.96 bits per heavy atom. The van der Waals surface area contributed by atoms with E-state index < -0.39 is 6.04 Å². The van der Waals surface area contributed by atoms with Crippen molar-refractivity contribution in [2.24, 2.45) is 0 Å². The van der Waals surface area contributed by atoms with E-state index in [-0.39, 0.29) is 12.6 Å². The van der Waals surface area contributed by atoms with E-state index in [0.29, 0.717) is 5.69 Å². The number of urea groups is 1. The summed E-state index contributed by atoms with van der Waals surface area (Å²) in [7, 11) is 0. The summed E-state index contributed by atoms with van der Waals surface area (Å²) in [5.74, 6) is 0. The molecule has 0 spiro atoms. The molecule has 0 fully saturated rings. The van der Waals surface area contributed by atoms with Gasteiger partial charge in [-0.25, -0.2) is 9.48 Å². The highest BCUT2D eigenvalue weighted by molar-refractivity contribution is 5.89. The van der Waals surface area contributed by atoms with Gasteiger partial charge in [-0.3, -0.25) is 0 Å². The molecule has 0 aliphatic carbocycles. The van der Waals surface area contributed by atoms with Crippen LogP contribution in [0.2, 0.25) is 0 Å². The van der Waals surface area contributed by atoms with E-state index in [1.165, 1.54) is 0 Å². The van der Waals surface area contributed by atoms with Crippen molar-refractivity contribution in [3.8, 4) is 5.69 Å². The highest BCUT2D eigenvalue weighted by Crippen LogP contribution is 2.16. The van der Waals surface area contributed by atoms with E-state index in [9.17, 15) is 9.90 Å². The normalized spacial score (nSPS) is 11.8. The smallest absolute Gasteiger partial charge is 0.319 e. The van der Waals surface area contributed by atoms with Crippen molar-refractivity contribution in [1.82, 2.24) is 15.1 Å². The third-order valence-corrected chi connectivity index (χ3v) is 3.87. The molecule has 1 aromatic heterocycles. The molecular weight excluding hydrogens is 316 g/mol. The minimum absolute atomic E-state index is 0.177. The van der Waals surface area contributed by atoms with Crippen LogP contribution in [0.4, 0.5) is 10.5 Å². The Morgan fingerprint density at radius 3 is 2.64 bits per heavy atom. The standard InChI is InChI=1S/C19H20N4O2/c1-14-10-11-20-23(14)17-9-5-8-16(12-17)21-19(25)22-18(13-24)15-6-3-2-4-7-15/h2-12,18,24H,13H2,1H3,(H2,21,22,25)/t18-/m0/s1. The molecule has 3 N–H and O–H groups in total. The van der Waals surface area contributed by atoms with Crippen LogP contribution in [0.5, 0.6) is 0 Å². The van der Waals surface area contributed by atoms with Crippen LogP contribution in [0, 0.1) is 6.92 Å². The third-order valence-electron chi connectivity index (χ3n) is 3.87. The van der Waals surface area contributed by atoms with Crippen molar-refractivity contribution in [2.45, 2.75) is 13.0 Å². The fourth-order valence-electron chi connectivity index (χ4n) is 2.60. The number of amides is 2. The summed E-state index contributed by atoms with van der Waals surface area (Å²) in [5, 5.41) is 19.4. The minimum Gasteiger partial charge on any atom is -0.394 e. The molecule has 0 bridgehead atoms. The van der Waals surface area contributed by atoms with Gasteiger partial charge in [0, 0.05) is 17.6 Å². The molecular formula is C19H20N4O2. The molecule has 0 aliphatic heterocycles. The molecule has 6 heteroatoms. The van der Waals surface area contributed by atoms with Crippen molar-refractivity contribution < 1.29 is 9.90 Å². The minimum atomic E-state index is -0.460. The number of rotatable bonds is 5. The van der Waals surface area contributed by atoms with Crippen molar-refractivity contribution in [3.63, 3.8) is 0 Å². The lowest BCUT2D eigenvalue weighted by atomic mass is 10.1. The number of aliphatic hydroxyl groups is 1. The Hall–Kier alpha value is -3.12. The number of aromatic nitrogens is 2. The van der Waals surface area contributed by atoms with Gasteiger partial charge in [-0.1, -0.05) is 36.4 Å². The van der Waals surface area contributed by atoms with Crippen LogP contribution in [0.15, 0.2) is 66.9 Å². The van der Waals surface area contributed by atoms with Crippen molar-refractivity contribution in [2.75, 3.05) is 11.9 Å². The zero-order valence-electron chi connectivity index (χ0n) is 13.9. The van der Waals surface area contributed by atoms with Crippen LogP contribution in [0.3, 0.4) is 0 Å². The third kappa shape index (κ3) is 4.05. The molecule has 6 nitrogen and oxygen atoms in total. The van der Waals surface area contributed by atoms with Gasteiger partial charge in [0.2, 0.25) is 0 Å². The van der Waals surface area contributed by atoms with Gasteiger partial charge >= 0.3 is 6.03 Å². The van der Waals surface area contributed by atoms with Gasteiger partial charge in [0.15, 0.2) is 0 Å². The molecule has 0 aliphatic rings. The average molecular weight is 336 g/mol. The fourth-order valence-corrected chi connectivity index (χ4v) is 2.60. The van der Waals surface area contributed by atoms with Gasteiger partial charge in [-0.05, 0) is 36.8 Å². The summed E-state index contributed by atoms with van der Waals surface area (Å²) in [4.78, 5) is 12.3. The van der Waals surface area contributed by atoms with E-state index >= 15 is 0 Å². The molecule has 1 atom stereocenters. The summed E-state index contributed by atoms with van der Waals surface area (Å²) in [5.41, 5.74) is 3.36. The maximum Gasteiger partial charge on any atom is 0.319 e. The van der Waals surface area contributed by atoms with Gasteiger partial charge in [0.25, 0.3) is 0 Å². The number of hydrogen-bond donors (Lipinski definition) is 3. The van der Waals surface area contributed by atoms with E-state index in [1.807, 2.05) is 61.5 Å². The summed E-state index contributed by atoms with van der Waals surface area (Å²) < 4.78 is 1.80. The molecule has 1 heterocycles. The maximum atomic E-state index is 12.3. The quantitative estimate of drug-likeness (QED) is 0.670. The molecule has 0 radical (unpaired) electrons. The summed E-state index contributed by atoms with van der Waals surface area (Å²) in [6.45, 7) is 1.79. The van der Waals surface area contributed by atoms with Gasteiger partial charge < -0.3 is 15.7 Å². The predicted octanol–water partition coefficient (Wildman–Crippen LogP) is 3.04. The van der Waals surface area contributed by atoms with Crippen LogP contribution < -0.4 is 10.6 Å². The number of carbonyl (C=O) groups is 1. The van der Waals surface area contributed by atoms with Crippen molar-refractivity contribution >= 4 is 11.7 Å². The Labute approximate surface area is 146 Å². The van der Waals surface area contributed by atoms with Crippen molar-refractivity contribution in [3.05, 3.63) is 78.1 Å². The largest absolute Gasteiger partial charge is 0.394 e. The highest BCUT2D eigenvalue weighted by atomic mass is 16.3. The molecule has 2 amide bonds. The first kappa shape index (κ1) is 16.7. The predicted molar refractivity (Wildman–Crippen MR) is 96.7 cm³/mol. The van der Waals surface area contributed by atoms with Gasteiger partial charge in [0.1, 0.15) is 0 Å². The second-order valence-electron chi connectivity index (χ2n) is 5.68. The highest BCUT2D eigenvalue weighted by Gasteiger charge is 2.13. The molecule has 25 heavy (non-hydrogen) atoms. The number of nitrogens with zero attached hydrogens (tertiary/aromatic N) is 2. The fraction of sp³-hybridized carbons (Fsp3) is 0.158. The van der Waals surface area contributed by atoms with Crippen LogP contribution in [-0.4, -0.2) is 27.5 Å². The molecule has 0 saturated carbocycles. The maximum absolute atomic E-state index is 12.3. The van der Waals surface area contributed by atoms with Gasteiger partial charge in [0.05, 0.1) is 18.3 Å². The number of hydrogen-bond acceptors (Lipinski definition) is 3. The average Bonchev–Trinajstić information content (AvgIpc) is 3.06. The van der Waals surface area contributed by atoms with Crippen LogP contribution in [0.1, 0.15) is 17.3 Å². The van der Waals surface area contributed by atoms with Gasteiger partial charge in [-0.2, -0.15) is 5.10 Å². The monoisotopic (exact) mass is 336 g/mol. The molecule has 3 aromatic rings. The number of benzene rings is 2. The Morgan fingerprint density at radius 1 is 1.16 bits per heavy atom. The molecule has 3 rings (SSSR count). The topological polar surface area (TPSA) is 79.2 Å². The number of aryl methyl sites for hydroxylation is 1. The summed E-state index contributed by atoms with van der Waals surface area (Å²) in [6.07, 6.45) is 1.73. The molecule has 0 saturated heterocycles. The Balaban J connectivity index is 1.70. The number of aliphatic hydroxyl groups excluding tert-OH is 1. The van der Waals surface area contributed by atoms with Crippen LogP contribution in [0.25, 0.3) is 5.69 Å². The van der Waals surface area contributed by atoms with E-state index in [2.05, 4.69) is 15.7 Å². The lowest BCUT2D eigenvalue weighted by Crippen LogP contribution is -2.34. The van der Waals surface area contributed by atoms with Crippen LogP contribution in [-0.2, 0) is 0 Å². The first-order valence-electron chi connectivity index (χ1n) is 8.02. The number of anilines is 1.